The van der Waals surface area contributed by atoms with Crippen LogP contribution >= 0.6 is 0 Å². The van der Waals surface area contributed by atoms with Crippen LogP contribution in [0.4, 0.5) is 28.4 Å². The van der Waals surface area contributed by atoms with Crippen molar-refractivity contribution in [3.63, 3.8) is 0 Å². The molecular formula is C36H21N3O8. The van der Waals surface area contributed by atoms with Gasteiger partial charge in [-0.15, -0.1) is 0 Å². The van der Waals surface area contributed by atoms with Crippen molar-refractivity contribution >= 4 is 64.0 Å². The van der Waals surface area contributed by atoms with Crippen molar-refractivity contribution in [3.8, 4) is 0 Å². The van der Waals surface area contributed by atoms with Gasteiger partial charge < -0.3 is 15.1 Å². The maximum atomic E-state index is 14.0. The second-order valence-electron chi connectivity index (χ2n) is 10.7. The monoisotopic (exact) mass is 623 g/mol. The number of fused-ring (bicyclic) bond motifs is 2. The van der Waals surface area contributed by atoms with Crippen LogP contribution in [0.1, 0.15) is 62.1 Å². The Bertz CT molecular complexity index is 2160. The van der Waals surface area contributed by atoms with Crippen LogP contribution in [0, 0.1) is 0 Å². The molecular weight excluding hydrogens is 602 g/mol. The average molecular weight is 624 g/mol. The number of hydrogen-bond acceptors (Lipinski definition) is 7. The summed E-state index contributed by atoms with van der Waals surface area (Å²) < 4.78 is 0. The average Bonchev–Trinajstić information content (AvgIpc) is 3.49. The lowest BCUT2D eigenvalue weighted by atomic mass is 10.1. The molecule has 2 N–H and O–H groups in total. The molecule has 0 bridgehead atoms. The molecule has 0 saturated carbocycles. The number of carboxylic acid groups (broad SMARTS) is 2. The predicted octanol–water partition coefficient (Wildman–Crippen LogP) is 6.15. The molecule has 0 unspecified atom stereocenters. The molecule has 11 heteroatoms. The highest BCUT2D eigenvalue weighted by Gasteiger charge is 2.41. The molecule has 2 aliphatic heterocycles. The highest BCUT2D eigenvalue weighted by molar-refractivity contribution is 6.37. The van der Waals surface area contributed by atoms with Gasteiger partial charge in [0.15, 0.2) is 0 Å². The van der Waals surface area contributed by atoms with E-state index in [4.69, 9.17) is 0 Å². The summed E-state index contributed by atoms with van der Waals surface area (Å²) in [7, 11) is 0. The van der Waals surface area contributed by atoms with Crippen molar-refractivity contribution in [2.45, 2.75) is 0 Å². The van der Waals surface area contributed by atoms with Gasteiger partial charge in [-0.3, -0.25) is 19.2 Å². The number of imide groups is 2. The van der Waals surface area contributed by atoms with Gasteiger partial charge in [-0.25, -0.2) is 19.4 Å². The van der Waals surface area contributed by atoms with Crippen molar-refractivity contribution < 1.29 is 39.0 Å². The number of anilines is 5. The fourth-order valence-corrected chi connectivity index (χ4v) is 5.80. The number of carboxylic acids is 2. The first-order chi connectivity index (χ1) is 22.7. The summed E-state index contributed by atoms with van der Waals surface area (Å²) in [5.74, 6) is -5.54. The van der Waals surface area contributed by atoms with Gasteiger partial charge in [0.2, 0.25) is 0 Å². The Labute approximate surface area is 266 Å². The maximum Gasteiger partial charge on any atom is 0.335 e. The number of benzene rings is 5. The molecule has 0 atom stereocenters. The van der Waals surface area contributed by atoms with Gasteiger partial charge in [0.25, 0.3) is 23.6 Å². The summed E-state index contributed by atoms with van der Waals surface area (Å²) in [6, 6.07) is 30.0. The Morgan fingerprint density at radius 1 is 0.489 bits per heavy atom. The van der Waals surface area contributed by atoms with Crippen LogP contribution < -0.4 is 14.7 Å². The lowest BCUT2D eigenvalue weighted by molar-refractivity contribution is 0.0686. The van der Waals surface area contributed by atoms with Gasteiger partial charge in [0.1, 0.15) is 0 Å². The van der Waals surface area contributed by atoms with Gasteiger partial charge in [0.05, 0.1) is 50.4 Å². The molecule has 0 saturated heterocycles. The normalized spacial score (nSPS) is 13.5. The number of hydrogen-bond donors (Lipinski definition) is 2. The Hall–Kier alpha value is -6.88. The highest BCUT2D eigenvalue weighted by Crippen LogP contribution is 2.45. The Morgan fingerprint density at radius 3 is 1.43 bits per heavy atom. The molecule has 0 spiro atoms. The van der Waals surface area contributed by atoms with Crippen LogP contribution in [-0.4, -0.2) is 45.8 Å². The van der Waals surface area contributed by atoms with Crippen LogP contribution in [0.5, 0.6) is 0 Å². The van der Waals surface area contributed by atoms with E-state index in [1.165, 1.54) is 36.4 Å². The summed E-state index contributed by atoms with van der Waals surface area (Å²) in [6.07, 6.45) is 0. The molecule has 4 amide bonds. The largest absolute Gasteiger partial charge is 0.478 e. The highest BCUT2D eigenvalue weighted by atomic mass is 16.4. The van der Waals surface area contributed by atoms with Gasteiger partial charge in [0, 0.05) is 11.4 Å². The molecule has 11 nitrogen and oxygen atoms in total. The SMILES string of the molecule is O=C(O)c1ccc2c(c1)C(=O)N(c1ccc(N(c3ccccc3)c3ccccc3)c(N3C(=O)c4ccc(C(=O)O)cc4C3=O)c1)C2=O. The fourth-order valence-electron chi connectivity index (χ4n) is 5.80. The molecule has 5 aromatic rings. The van der Waals surface area contributed by atoms with Crippen LogP contribution in [0.25, 0.3) is 0 Å². The van der Waals surface area contributed by atoms with Crippen molar-refractivity contribution in [3.05, 3.63) is 149 Å². The molecule has 2 heterocycles. The summed E-state index contributed by atoms with van der Waals surface area (Å²) in [6.45, 7) is 0. The number of amides is 4. The van der Waals surface area contributed by atoms with Crippen molar-refractivity contribution in [2.24, 2.45) is 0 Å². The zero-order valence-electron chi connectivity index (χ0n) is 24.2. The summed E-state index contributed by atoms with van der Waals surface area (Å²) in [4.78, 5) is 81.8. The minimum Gasteiger partial charge on any atom is -0.478 e. The van der Waals surface area contributed by atoms with E-state index in [0.29, 0.717) is 17.1 Å². The number of carbonyl (C=O) groups is 6. The zero-order chi connectivity index (χ0) is 33.0. The predicted molar refractivity (Wildman–Crippen MR) is 170 cm³/mol. The van der Waals surface area contributed by atoms with E-state index in [0.717, 1.165) is 21.9 Å². The van der Waals surface area contributed by atoms with Crippen LogP contribution in [-0.2, 0) is 0 Å². The summed E-state index contributed by atoms with van der Waals surface area (Å²) in [5.41, 5.74) is 1.14. The Balaban J connectivity index is 1.43. The van der Waals surface area contributed by atoms with E-state index in [1.807, 2.05) is 60.7 Å². The van der Waals surface area contributed by atoms with Gasteiger partial charge in [-0.05, 0) is 78.9 Å². The van der Waals surface area contributed by atoms with E-state index in [9.17, 15) is 39.0 Å². The van der Waals surface area contributed by atoms with E-state index < -0.39 is 35.6 Å². The molecule has 0 aromatic heterocycles. The topological polar surface area (TPSA) is 153 Å². The van der Waals surface area contributed by atoms with Gasteiger partial charge in [-0.1, -0.05) is 36.4 Å². The number of rotatable bonds is 7. The van der Waals surface area contributed by atoms with E-state index in [1.54, 1.807) is 11.0 Å². The molecule has 5 aromatic carbocycles. The van der Waals surface area contributed by atoms with Crippen LogP contribution in [0.2, 0.25) is 0 Å². The molecule has 228 valence electrons. The Kier molecular flexibility index (Phi) is 6.71. The smallest absolute Gasteiger partial charge is 0.335 e. The standard InChI is InChI=1S/C36H21N3O8/c40-31-25-14-11-20(35(44)45)17-27(25)33(42)38(31)24-13-16-29(37(22-7-3-1-4-8-22)23-9-5-2-6-10-23)30(19-24)39-32(41)26-15-12-21(36(46)47)18-28(26)34(39)43/h1-19H,(H,44,45)(H,46,47). The second kappa shape index (κ2) is 10.9. The van der Waals surface area contributed by atoms with Crippen molar-refractivity contribution in [1.82, 2.24) is 0 Å². The Morgan fingerprint density at radius 2 is 0.936 bits per heavy atom. The third kappa shape index (κ3) is 4.61. The molecule has 7 rings (SSSR count). The lowest BCUT2D eigenvalue weighted by Crippen LogP contribution is -2.33. The van der Waals surface area contributed by atoms with Gasteiger partial charge >= 0.3 is 11.9 Å². The minimum absolute atomic E-state index is 0.00255. The van der Waals surface area contributed by atoms with E-state index in [-0.39, 0.29) is 44.8 Å². The summed E-state index contributed by atoms with van der Waals surface area (Å²) >= 11 is 0. The van der Waals surface area contributed by atoms with Crippen LogP contribution in [0.15, 0.2) is 115 Å². The lowest BCUT2D eigenvalue weighted by Gasteiger charge is -2.30. The van der Waals surface area contributed by atoms with E-state index >= 15 is 0 Å². The van der Waals surface area contributed by atoms with Crippen molar-refractivity contribution in [2.75, 3.05) is 14.7 Å². The molecule has 47 heavy (non-hydrogen) atoms. The first-order valence-electron chi connectivity index (χ1n) is 14.2. The third-order valence-corrected chi connectivity index (χ3v) is 7.99. The molecule has 0 fully saturated rings. The van der Waals surface area contributed by atoms with Crippen LogP contribution in [0.3, 0.4) is 0 Å². The minimum atomic E-state index is -1.27. The quantitative estimate of drug-likeness (QED) is 0.203. The van der Waals surface area contributed by atoms with E-state index in [2.05, 4.69) is 0 Å². The first kappa shape index (κ1) is 28.9. The fraction of sp³-hybridized carbons (Fsp3) is 0. The van der Waals surface area contributed by atoms with Crippen molar-refractivity contribution in [1.29, 1.82) is 0 Å². The molecule has 0 radical (unpaired) electrons. The molecule has 2 aliphatic rings. The zero-order valence-corrected chi connectivity index (χ0v) is 24.2. The number of carbonyl (C=O) groups excluding carboxylic acids is 4. The number of aromatic carboxylic acids is 2. The molecule has 0 aliphatic carbocycles. The third-order valence-electron chi connectivity index (χ3n) is 7.99. The second-order valence-corrected chi connectivity index (χ2v) is 10.7. The number of nitrogens with zero attached hydrogens (tertiary/aromatic N) is 3. The summed E-state index contributed by atoms with van der Waals surface area (Å²) in [5, 5.41) is 19.0. The maximum absolute atomic E-state index is 14.0. The van der Waals surface area contributed by atoms with Gasteiger partial charge in [-0.2, -0.15) is 0 Å². The first-order valence-corrected chi connectivity index (χ1v) is 14.2. The number of para-hydroxylation sites is 2.